The molecule has 1 aliphatic heterocycles. The molecule has 0 atom stereocenters. The van der Waals surface area contributed by atoms with Crippen molar-refractivity contribution in [2.24, 2.45) is 5.73 Å². The maximum atomic E-state index is 13.3. The fourth-order valence-electron chi connectivity index (χ4n) is 3.72. The van der Waals surface area contributed by atoms with E-state index in [0.717, 1.165) is 16.3 Å². The normalized spacial score (nSPS) is 15.7. The summed E-state index contributed by atoms with van der Waals surface area (Å²) in [6.45, 7) is 3.88. The lowest BCUT2D eigenvalue weighted by Crippen LogP contribution is -2.30. The van der Waals surface area contributed by atoms with Crippen LogP contribution in [-0.4, -0.2) is 5.60 Å². The molecule has 2 heterocycles. The van der Waals surface area contributed by atoms with Gasteiger partial charge in [-0.3, -0.25) is 4.79 Å². The number of benzene rings is 3. The fraction of sp³-hybridized carbons (Fsp3) is 0.136. The molecule has 0 unspecified atom stereocenters. The van der Waals surface area contributed by atoms with Crippen molar-refractivity contribution in [3.05, 3.63) is 70.4 Å². The van der Waals surface area contributed by atoms with Gasteiger partial charge in [0.25, 0.3) is 0 Å². The summed E-state index contributed by atoms with van der Waals surface area (Å²) >= 11 is 0. The smallest absolute Gasteiger partial charge is 0.201 e. The van der Waals surface area contributed by atoms with Gasteiger partial charge in [-0.2, -0.15) is 0 Å². The lowest BCUT2D eigenvalue weighted by molar-refractivity contribution is 0.158. The summed E-state index contributed by atoms with van der Waals surface area (Å²) in [5.74, 6) is 0.630. The van der Waals surface area contributed by atoms with Crippen LogP contribution in [-0.2, 0) is 0 Å². The molecule has 2 N–H and O–H groups in total. The second kappa shape index (κ2) is 4.88. The van der Waals surface area contributed by atoms with Gasteiger partial charge in [-0.25, -0.2) is 0 Å². The molecule has 128 valence electrons. The summed E-state index contributed by atoms with van der Waals surface area (Å²) < 4.78 is 12.1. The second-order valence-corrected chi connectivity index (χ2v) is 7.24. The van der Waals surface area contributed by atoms with Gasteiger partial charge in [0.05, 0.1) is 10.8 Å². The molecular weight excluding hydrogens is 326 g/mol. The van der Waals surface area contributed by atoms with Crippen LogP contribution in [0, 0.1) is 0 Å². The van der Waals surface area contributed by atoms with Gasteiger partial charge < -0.3 is 14.9 Å². The van der Waals surface area contributed by atoms with Crippen LogP contribution in [0.2, 0.25) is 0 Å². The number of fused-ring (bicyclic) bond motifs is 5. The highest BCUT2D eigenvalue weighted by Crippen LogP contribution is 2.37. The molecule has 3 aromatic carbocycles. The van der Waals surface area contributed by atoms with Crippen molar-refractivity contribution in [3.8, 4) is 5.75 Å². The molecule has 0 bridgehead atoms. The number of hydrogen-bond acceptors (Lipinski definition) is 4. The molecule has 0 amide bonds. The minimum atomic E-state index is -0.502. The van der Waals surface area contributed by atoms with Crippen LogP contribution in [0.5, 0.6) is 5.75 Å². The lowest BCUT2D eigenvalue weighted by atomic mass is 9.97. The van der Waals surface area contributed by atoms with Crippen LogP contribution in [0.25, 0.3) is 38.4 Å². The zero-order valence-corrected chi connectivity index (χ0v) is 14.5. The molecule has 0 radical (unpaired) electrons. The van der Waals surface area contributed by atoms with Gasteiger partial charge >= 0.3 is 0 Å². The molecule has 4 aromatic rings. The summed E-state index contributed by atoms with van der Waals surface area (Å²) in [4.78, 5) is 13.3. The van der Waals surface area contributed by atoms with E-state index in [1.54, 1.807) is 12.1 Å². The highest BCUT2D eigenvalue weighted by molar-refractivity contribution is 6.08. The minimum Gasteiger partial charge on any atom is -0.483 e. The molecule has 4 nitrogen and oxygen atoms in total. The van der Waals surface area contributed by atoms with Crippen LogP contribution in [0.15, 0.2) is 63.8 Å². The maximum absolute atomic E-state index is 13.3. The zero-order chi connectivity index (χ0) is 18.1. The average Bonchev–Trinajstić information content (AvgIpc) is 2.59. The van der Waals surface area contributed by atoms with Gasteiger partial charge in [-0.15, -0.1) is 0 Å². The Kier molecular flexibility index (Phi) is 2.82. The van der Waals surface area contributed by atoms with E-state index in [0.29, 0.717) is 33.4 Å². The molecule has 26 heavy (non-hydrogen) atoms. The van der Waals surface area contributed by atoms with Crippen molar-refractivity contribution in [3.63, 3.8) is 0 Å². The van der Waals surface area contributed by atoms with E-state index in [2.05, 4.69) is 0 Å². The molecule has 1 aromatic heterocycles. The molecule has 0 saturated carbocycles. The Labute approximate surface area is 149 Å². The van der Waals surface area contributed by atoms with Gasteiger partial charge in [-0.05, 0) is 42.8 Å². The molecular formula is C22H17NO3. The summed E-state index contributed by atoms with van der Waals surface area (Å²) in [7, 11) is 0. The third kappa shape index (κ3) is 2.05. The largest absolute Gasteiger partial charge is 0.483 e. The van der Waals surface area contributed by atoms with Gasteiger partial charge in [0.15, 0.2) is 0 Å². The van der Waals surface area contributed by atoms with Crippen LogP contribution >= 0.6 is 0 Å². The van der Waals surface area contributed by atoms with Crippen LogP contribution < -0.4 is 15.9 Å². The SMILES string of the molecule is CC1(C)C=C(N)c2cc3c(=O)c4c(ccc5ccccc54)oc3cc2O1. The van der Waals surface area contributed by atoms with E-state index < -0.39 is 5.60 Å². The predicted molar refractivity (Wildman–Crippen MR) is 104 cm³/mol. The highest BCUT2D eigenvalue weighted by atomic mass is 16.5. The third-order valence-electron chi connectivity index (χ3n) is 4.85. The van der Waals surface area contributed by atoms with Crippen LogP contribution in [0.1, 0.15) is 19.4 Å². The number of hydrogen-bond donors (Lipinski definition) is 1. The fourth-order valence-corrected chi connectivity index (χ4v) is 3.72. The average molecular weight is 343 g/mol. The predicted octanol–water partition coefficient (Wildman–Crippen LogP) is 4.57. The Morgan fingerprint density at radius 3 is 2.62 bits per heavy atom. The topological polar surface area (TPSA) is 65.5 Å². The van der Waals surface area contributed by atoms with E-state index in [9.17, 15) is 4.79 Å². The Bertz CT molecular complexity index is 1310. The summed E-state index contributed by atoms with van der Waals surface area (Å²) in [6.07, 6.45) is 1.86. The van der Waals surface area contributed by atoms with Gasteiger partial charge in [0, 0.05) is 17.3 Å². The minimum absolute atomic E-state index is 0.0570. The first-order valence-corrected chi connectivity index (χ1v) is 8.53. The lowest BCUT2D eigenvalue weighted by Gasteiger charge is -2.29. The first-order valence-electron chi connectivity index (χ1n) is 8.53. The van der Waals surface area contributed by atoms with E-state index >= 15 is 0 Å². The molecule has 0 aliphatic carbocycles. The number of nitrogens with two attached hydrogens (primary N) is 1. The van der Waals surface area contributed by atoms with Crippen molar-refractivity contribution >= 4 is 38.4 Å². The number of rotatable bonds is 0. The molecule has 0 spiro atoms. The maximum Gasteiger partial charge on any atom is 0.201 e. The summed E-state index contributed by atoms with van der Waals surface area (Å²) in [6, 6.07) is 15.2. The molecule has 5 rings (SSSR count). The first-order chi connectivity index (χ1) is 12.4. The van der Waals surface area contributed by atoms with Crippen LogP contribution in [0.4, 0.5) is 0 Å². The Morgan fingerprint density at radius 1 is 0.962 bits per heavy atom. The Balaban J connectivity index is 1.92. The van der Waals surface area contributed by atoms with E-state index in [-0.39, 0.29) is 5.43 Å². The van der Waals surface area contributed by atoms with Gasteiger partial charge in [-0.1, -0.05) is 30.3 Å². The molecule has 0 fully saturated rings. The summed E-state index contributed by atoms with van der Waals surface area (Å²) in [5, 5.41) is 3.00. The monoisotopic (exact) mass is 343 g/mol. The highest BCUT2D eigenvalue weighted by Gasteiger charge is 2.26. The van der Waals surface area contributed by atoms with E-state index in [4.69, 9.17) is 14.9 Å². The van der Waals surface area contributed by atoms with Crippen molar-refractivity contribution in [1.82, 2.24) is 0 Å². The van der Waals surface area contributed by atoms with Crippen molar-refractivity contribution in [2.45, 2.75) is 19.4 Å². The zero-order valence-electron chi connectivity index (χ0n) is 14.5. The van der Waals surface area contributed by atoms with Gasteiger partial charge in [0.1, 0.15) is 22.5 Å². The molecule has 1 aliphatic rings. The standard InChI is InChI=1S/C22H17NO3/c1-22(2)11-16(23)14-9-15-18(10-19(14)26-22)25-17-8-7-12-5-3-4-6-13(12)20(17)21(15)24/h3-11H,23H2,1-2H3. The molecule has 4 heteroatoms. The summed E-state index contributed by atoms with van der Waals surface area (Å²) in [5.41, 5.74) is 8.06. The van der Waals surface area contributed by atoms with Crippen molar-refractivity contribution in [2.75, 3.05) is 0 Å². The van der Waals surface area contributed by atoms with Crippen molar-refractivity contribution < 1.29 is 9.15 Å². The quantitative estimate of drug-likeness (QED) is 0.375. The van der Waals surface area contributed by atoms with Crippen molar-refractivity contribution in [1.29, 1.82) is 0 Å². The molecule has 0 saturated heterocycles. The van der Waals surface area contributed by atoms with Crippen LogP contribution in [0.3, 0.4) is 0 Å². The Hall–Kier alpha value is -3.27. The Morgan fingerprint density at radius 2 is 1.77 bits per heavy atom. The van der Waals surface area contributed by atoms with E-state index in [1.165, 1.54) is 0 Å². The first kappa shape index (κ1) is 15.0. The second-order valence-electron chi connectivity index (χ2n) is 7.24. The van der Waals surface area contributed by atoms with Gasteiger partial charge in [0.2, 0.25) is 5.43 Å². The number of ether oxygens (including phenoxy) is 1. The van der Waals surface area contributed by atoms with E-state index in [1.807, 2.05) is 56.3 Å². The third-order valence-corrected chi connectivity index (χ3v) is 4.85.